The highest BCUT2D eigenvalue weighted by Gasteiger charge is 2.06. The number of aliphatic hydroxyl groups excluding tert-OH is 1. The molecule has 0 radical (unpaired) electrons. The Balaban J connectivity index is 2.17. The van der Waals surface area contributed by atoms with Crippen LogP contribution in [0.1, 0.15) is 21.5 Å². The molecule has 0 atom stereocenters. The van der Waals surface area contributed by atoms with Crippen molar-refractivity contribution in [2.24, 2.45) is 0 Å². The zero-order chi connectivity index (χ0) is 15.1. The molecular weight excluding hydrogens is 264 g/mol. The molecule has 0 aliphatic heterocycles. The minimum absolute atomic E-state index is 0.211. The molecule has 21 heavy (non-hydrogen) atoms. The smallest absolute Gasteiger partial charge is 0.255 e. The third kappa shape index (κ3) is 3.94. The molecule has 2 rings (SSSR count). The molecule has 1 amide bonds. The van der Waals surface area contributed by atoms with Gasteiger partial charge in [-0.05, 0) is 36.4 Å². The number of nitrogens with one attached hydrogen (secondary N) is 1. The van der Waals surface area contributed by atoms with E-state index in [1.54, 1.807) is 42.5 Å². The first kappa shape index (κ1) is 14.3. The fourth-order valence-corrected chi connectivity index (χ4v) is 1.75. The third-order valence-electron chi connectivity index (χ3n) is 2.69. The van der Waals surface area contributed by atoms with Crippen molar-refractivity contribution in [3.63, 3.8) is 0 Å². The summed E-state index contributed by atoms with van der Waals surface area (Å²) in [4.78, 5) is 12.1. The lowest BCUT2D eigenvalue weighted by Crippen LogP contribution is -2.12. The van der Waals surface area contributed by atoms with E-state index in [2.05, 4.69) is 17.2 Å². The van der Waals surface area contributed by atoms with Gasteiger partial charge < -0.3 is 10.4 Å². The summed E-state index contributed by atoms with van der Waals surface area (Å²) in [5.41, 5.74) is 2.16. The Bertz CT molecular complexity index is 764. The number of carbonyl (C=O) groups excluding carboxylic acids is 1. The number of aliphatic hydroxyl groups is 1. The fourth-order valence-electron chi connectivity index (χ4n) is 1.75. The number of benzene rings is 2. The molecule has 2 aromatic carbocycles. The van der Waals surface area contributed by atoms with Crippen LogP contribution >= 0.6 is 0 Å². The van der Waals surface area contributed by atoms with E-state index < -0.39 is 0 Å². The van der Waals surface area contributed by atoms with Gasteiger partial charge in [0, 0.05) is 16.8 Å². The summed E-state index contributed by atoms with van der Waals surface area (Å²) in [6.07, 6.45) is 0. The van der Waals surface area contributed by atoms with E-state index in [1.807, 2.05) is 6.07 Å². The Morgan fingerprint density at radius 3 is 2.67 bits per heavy atom. The highest BCUT2D eigenvalue weighted by Crippen LogP contribution is 2.12. The molecule has 102 valence electrons. The molecule has 0 spiro atoms. The van der Waals surface area contributed by atoms with Crippen LogP contribution in [0.25, 0.3) is 0 Å². The van der Waals surface area contributed by atoms with Gasteiger partial charge in [-0.3, -0.25) is 4.79 Å². The van der Waals surface area contributed by atoms with E-state index in [-0.39, 0.29) is 12.5 Å². The molecule has 0 heterocycles. The molecule has 0 fully saturated rings. The SMILES string of the molecule is N#Cc1cccc(C(=O)Nc2cccc(C#CCO)c2)c1. The maximum Gasteiger partial charge on any atom is 0.255 e. The summed E-state index contributed by atoms with van der Waals surface area (Å²) in [6, 6.07) is 15.5. The van der Waals surface area contributed by atoms with E-state index in [4.69, 9.17) is 10.4 Å². The van der Waals surface area contributed by atoms with Gasteiger partial charge in [-0.25, -0.2) is 0 Å². The highest BCUT2D eigenvalue weighted by atomic mass is 16.2. The summed E-state index contributed by atoms with van der Waals surface area (Å²) in [5.74, 6) is 5.03. The van der Waals surface area contributed by atoms with Crippen LogP contribution in [0.4, 0.5) is 5.69 Å². The lowest BCUT2D eigenvalue weighted by molar-refractivity contribution is 0.102. The van der Waals surface area contributed by atoms with E-state index in [1.165, 1.54) is 6.07 Å². The minimum atomic E-state index is -0.292. The molecule has 0 aliphatic carbocycles. The summed E-state index contributed by atoms with van der Waals surface area (Å²) in [5, 5.41) is 20.3. The number of hydrogen-bond donors (Lipinski definition) is 2. The Labute approximate surface area is 122 Å². The van der Waals surface area contributed by atoms with Crippen LogP contribution in [0.3, 0.4) is 0 Å². The molecule has 4 nitrogen and oxygen atoms in total. The van der Waals surface area contributed by atoms with E-state index in [0.717, 1.165) is 0 Å². The van der Waals surface area contributed by atoms with Gasteiger partial charge in [-0.1, -0.05) is 24.0 Å². The van der Waals surface area contributed by atoms with Crippen molar-refractivity contribution < 1.29 is 9.90 Å². The Hall–Kier alpha value is -3.08. The summed E-state index contributed by atoms with van der Waals surface area (Å²) < 4.78 is 0. The van der Waals surface area contributed by atoms with Crippen LogP contribution in [0.2, 0.25) is 0 Å². The summed E-state index contributed by atoms with van der Waals surface area (Å²) >= 11 is 0. The molecule has 0 bridgehead atoms. The van der Waals surface area contributed by atoms with Gasteiger partial charge in [-0.2, -0.15) is 5.26 Å². The van der Waals surface area contributed by atoms with Crippen LogP contribution in [0.5, 0.6) is 0 Å². The molecule has 0 unspecified atom stereocenters. The zero-order valence-corrected chi connectivity index (χ0v) is 11.1. The zero-order valence-electron chi connectivity index (χ0n) is 11.1. The quantitative estimate of drug-likeness (QED) is 0.825. The number of nitriles is 1. The predicted octanol–water partition coefficient (Wildman–Crippen LogP) is 2.15. The lowest BCUT2D eigenvalue weighted by Gasteiger charge is -2.06. The van der Waals surface area contributed by atoms with E-state index in [9.17, 15) is 4.79 Å². The van der Waals surface area contributed by atoms with Crippen LogP contribution in [-0.4, -0.2) is 17.6 Å². The van der Waals surface area contributed by atoms with Gasteiger partial charge in [-0.15, -0.1) is 0 Å². The van der Waals surface area contributed by atoms with Crippen LogP contribution in [0.15, 0.2) is 48.5 Å². The van der Waals surface area contributed by atoms with Gasteiger partial charge in [0.15, 0.2) is 0 Å². The van der Waals surface area contributed by atoms with Gasteiger partial charge in [0.05, 0.1) is 11.6 Å². The Morgan fingerprint density at radius 1 is 1.14 bits per heavy atom. The van der Waals surface area contributed by atoms with Gasteiger partial charge in [0.1, 0.15) is 6.61 Å². The van der Waals surface area contributed by atoms with Crippen molar-refractivity contribution in [2.75, 3.05) is 11.9 Å². The number of anilines is 1. The molecule has 2 aromatic rings. The average molecular weight is 276 g/mol. The first-order valence-corrected chi connectivity index (χ1v) is 6.24. The first-order chi connectivity index (χ1) is 10.2. The number of nitrogens with zero attached hydrogens (tertiary/aromatic N) is 1. The number of carbonyl (C=O) groups is 1. The molecule has 0 saturated heterocycles. The molecule has 0 saturated carbocycles. The second-order valence-electron chi connectivity index (χ2n) is 4.19. The Kier molecular flexibility index (Phi) is 4.71. The molecule has 0 aliphatic rings. The minimum Gasteiger partial charge on any atom is -0.384 e. The largest absolute Gasteiger partial charge is 0.384 e. The van der Waals surface area contributed by atoms with Crippen LogP contribution in [0, 0.1) is 23.2 Å². The Morgan fingerprint density at radius 2 is 1.90 bits per heavy atom. The maximum absolute atomic E-state index is 12.1. The lowest BCUT2D eigenvalue weighted by atomic mass is 10.1. The van der Waals surface area contributed by atoms with E-state index >= 15 is 0 Å². The van der Waals surface area contributed by atoms with Crippen molar-refractivity contribution >= 4 is 11.6 Å². The standard InChI is InChI=1S/C17H12N2O2/c18-12-14-5-1-7-15(10-14)17(21)19-16-8-2-4-13(11-16)6-3-9-20/h1-2,4-5,7-8,10-11,20H,9H2,(H,19,21). The summed E-state index contributed by atoms with van der Waals surface area (Å²) in [6.45, 7) is -0.211. The maximum atomic E-state index is 12.1. The average Bonchev–Trinajstić information content (AvgIpc) is 2.53. The normalized spacial score (nSPS) is 9.14. The van der Waals surface area contributed by atoms with Crippen molar-refractivity contribution in [3.8, 4) is 17.9 Å². The van der Waals surface area contributed by atoms with Crippen LogP contribution in [-0.2, 0) is 0 Å². The van der Waals surface area contributed by atoms with Crippen molar-refractivity contribution in [2.45, 2.75) is 0 Å². The fraction of sp³-hybridized carbons (Fsp3) is 0.0588. The molecule has 4 heteroatoms. The topological polar surface area (TPSA) is 73.1 Å². The second-order valence-corrected chi connectivity index (χ2v) is 4.19. The summed E-state index contributed by atoms with van der Waals surface area (Å²) in [7, 11) is 0. The monoisotopic (exact) mass is 276 g/mol. The second kappa shape index (κ2) is 6.91. The first-order valence-electron chi connectivity index (χ1n) is 6.24. The molecule has 0 aromatic heterocycles. The molecular formula is C17H12N2O2. The van der Waals surface area contributed by atoms with Crippen LogP contribution < -0.4 is 5.32 Å². The van der Waals surface area contributed by atoms with Crippen molar-refractivity contribution in [3.05, 3.63) is 65.2 Å². The number of rotatable bonds is 2. The van der Waals surface area contributed by atoms with Gasteiger partial charge in [0.2, 0.25) is 0 Å². The van der Waals surface area contributed by atoms with Gasteiger partial charge in [0.25, 0.3) is 5.91 Å². The number of amides is 1. The number of hydrogen-bond acceptors (Lipinski definition) is 3. The van der Waals surface area contributed by atoms with E-state index in [0.29, 0.717) is 22.4 Å². The molecule has 2 N–H and O–H groups in total. The van der Waals surface area contributed by atoms with Gasteiger partial charge >= 0.3 is 0 Å². The van der Waals surface area contributed by atoms with Crippen molar-refractivity contribution in [1.82, 2.24) is 0 Å². The predicted molar refractivity (Wildman–Crippen MR) is 79.5 cm³/mol. The highest BCUT2D eigenvalue weighted by molar-refractivity contribution is 6.04. The van der Waals surface area contributed by atoms with Crippen molar-refractivity contribution in [1.29, 1.82) is 5.26 Å². The third-order valence-corrected chi connectivity index (χ3v) is 2.69.